The van der Waals surface area contributed by atoms with Crippen LogP contribution in [0.1, 0.15) is 11.1 Å². The average Bonchev–Trinajstić information content (AvgIpc) is 2.82. The lowest BCUT2D eigenvalue weighted by Crippen LogP contribution is -2.27. The van der Waals surface area contributed by atoms with Crippen LogP contribution >= 0.6 is 24.0 Å². The number of anilines is 1. The minimum absolute atomic E-state index is 0.0765. The molecule has 2 aromatic rings. The molecule has 1 aliphatic heterocycles. The largest absolute Gasteiger partial charge is 0.508 e. The number of nitriles is 1. The fourth-order valence-corrected chi connectivity index (χ4v) is 3.43. The molecule has 0 saturated carbocycles. The summed E-state index contributed by atoms with van der Waals surface area (Å²) in [5, 5.41) is 18.4. The molecule has 6 heteroatoms. The highest BCUT2D eigenvalue weighted by atomic mass is 32.2. The number of benzene rings is 2. The van der Waals surface area contributed by atoms with Gasteiger partial charge in [0.1, 0.15) is 5.75 Å². The first-order chi connectivity index (χ1) is 11.1. The van der Waals surface area contributed by atoms with Gasteiger partial charge in [-0.25, -0.2) is 0 Å². The zero-order valence-corrected chi connectivity index (χ0v) is 13.4. The smallest absolute Gasteiger partial charge is 0.270 e. The van der Waals surface area contributed by atoms with E-state index in [1.807, 2.05) is 0 Å². The van der Waals surface area contributed by atoms with Crippen molar-refractivity contribution in [1.29, 1.82) is 5.26 Å². The van der Waals surface area contributed by atoms with Crippen molar-refractivity contribution < 1.29 is 9.90 Å². The second-order valence-electron chi connectivity index (χ2n) is 4.77. The van der Waals surface area contributed by atoms with E-state index in [2.05, 4.69) is 6.07 Å². The number of hydrogen-bond donors (Lipinski definition) is 1. The maximum Gasteiger partial charge on any atom is 0.270 e. The van der Waals surface area contributed by atoms with Crippen molar-refractivity contribution in [3.05, 3.63) is 64.6 Å². The molecule has 4 nitrogen and oxygen atoms in total. The van der Waals surface area contributed by atoms with Gasteiger partial charge in [0, 0.05) is 6.07 Å². The van der Waals surface area contributed by atoms with Crippen molar-refractivity contribution in [1.82, 2.24) is 0 Å². The van der Waals surface area contributed by atoms with Crippen molar-refractivity contribution in [2.24, 2.45) is 0 Å². The number of aromatic hydroxyl groups is 1. The van der Waals surface area contributed by atoms with Crippen LogP contribution in [0.5, 0.6) is 5.75 Å². The number of carbonyl (C=O) groups is 1. The van der Waals surface area contributed by atoms with E-state index in [1.165, 1.54) is 28.8 Å². The molecule has 23 heavy (non-hydrogen) atoms. The summed E-state index contributed by atoms with van der Waals surface area (Å²) < 4.78 is 0.417. The van der Waals surface area contributed by atoms with Crippen LogP contribution in [-0.4, -0.2) is 15.3 Å². The van der Waals surface area contributed by atoms with Crippen LogP contribution in [0.25, 0.3) is 6.08 Å². The molecule has 0 aliphatic carbocycles. The Morgan fingerprint density at radius 3 is 2.61 bits per heavy atom. The van der Waals surface area contributed by atoms with Gasteiger partial charge in [-0.15, -0.1) is 0 Å². The zero-order chi connectivity index (χ0) is 16.4. The fraction of sp³-hybridized carbons (Fsp3) is 0. The second-order valence-corrected chi connectivity index (χ2v) is 6.45. The summed E-state index contributed by atoms with van der Waals surface area (Å²) in [6.45, 7) is 0. The molecule has 1 aliphatic rings. The maximum atomic E-state index is 12.6. The van der Waals surface area contributed by atoms with Crippen LogP contribution < -0.4 is 4.90 Å². The molecule has 0 atom stereocenters. The standard InChI is InChI=1S/C17H10N2O2S2/c18-10-12-6-4-11(5-7-12)8-15-16(21)19(17(22)23-15)13-2-1-3-14(20)9-13/h1-9,20H/b15-8-. The third-order valence-corrected chi connectivity index (χ3v) is 4.52. The zero-order valence-electron chi connectivity index (χ0n) is 11.8. The summed E-state index contributed by atoms with van der Waals surface area (Å²) in [6, 6.07) is 15.4. The number of rotatable bonds is 2. The van der Waals surface area contributed by atoms with Crippen molar-refractivity contribution >= 4 is 46.0 Å². The molecule has 1 amide bonds. The predicted molar refractivity (Wildman–Crippen MR) is 94.9 cm³/mol. The van der Waals surface area contributed by atoms with Crippen LogP contribution in [0.3, 0.4) is 0 Å². The Kier molecular flexibility index (Phi) is 4.15. The lowest BCUT2D eigenvalue weighted by molar-refractivity contribution is -0.113. The van der Waals surface area contributed by atoms with Gasteiger partial charge in [0.2, 0.25) is 0 Å². The average molecular weight is 338 g/mol. The van der Waals surface area contributed by atoms with Gasteiger partial charge in [0.25, 0.3) is 5.91 Å². The molecule has 0 unspecified atom stereocenters. The molecule has 1 N–H and O–H groups in total. The molecule has 1 heterocycles. The molecule has 1 fully saturated rings. The highest BCUT2D eigenvalue weighted by Gasteiger charge is 2.33. The van der Waals surface area contributed by atoms with E-state index in [0.717, 1.165) is 5.56 Å². The first-order valence-electron chi connectivity index (χ1n) is 6.65. The number of carbonyl (C=O) groups excluding carboxylic acids is 1. The van der Waals surface area contributed by atoms with Gasteiger partial charge in [0.05, 0.1) is 22.2 Å². The van der Waals surface area contributed by atoms with E-state index in [-0.39, 0.29) is 11.7 Å². The SMILES string of the molecule is N#Cc1ccc(/C=C2\SC(=S)N(c3cccc(O)c3)C2=O)cc1. The lowest BCUT2D eigenvalue weighted by Gasteiger charge is -2.14. The van der Waals surface area contributed by atoms with Gasteiger partial charge in [-0.1, -0.05) is 42.2 Å². The Labute approximate surface area is 142 Å². The highest BCUT2D eigenvalue weighted by molar-refractivity contribution is 8.27. The Morgan fingerprint density at radius 2 is 1.96 bits per heavy atom. The van der Waals surface area contributed by atoms with E-state index in [9.17, 15) is 9.90 Å². The van der Waals surface area contributed by atoms with Gasteiger partial charge >= 0.3 is 0 Å². The molecule has 2 aromatic carbocycles. The van der Waals surface area contributed by atoms with E-state index < -0.39 is 0 Å². The number of phenolic OH excluding ortho intramolecular Hbond substituents is 1. The minimum atomic E-state index is -0.227. The monoisotopic (exact) mass is 338 g/mol. The van der Waals surface area contributed by atoms with Crippen LogP contribution in [0, 0.1) is 11.3 Å². The summed E-state index contributed by atoms with van der Waals surface area (Å²) in [5.74, 6) is -0.150. The lowest BCUT2D eigenvalue weighted by atomic mass is 10.1. The summed E-state index contributed by atoms with van der Waals surface area (Å²) >= 11 is 6.49. The first-order valence-corrected chi connectivity index (χ1v) is 7.88. The van der Waals surface area contributed by atoms with Crippen LogP contribution in [0.2, 0.25) is 0 Å². The number of phenols is 1. The number of thiocarbonyl (C=S) groups is 1. The third kappa shape index (κ3) is 3.11. The Hall–Kier alpha value is -2.62. The molecule has 0 aromatic heterocycles. The van der Waals surface area contributed by atoms with E-state index in [1.54, 1.807) is 42.5 Å². The van der Waals surface area contributed by atoms with Crippen molar-refractivity contribution in [2.75, 3.05) is 4.90 Å². The van der Waals surface area contributed by atoms with Crippen LogP contribution in [0.15, 0.2) is 53.4 Å². The van der Waals surface area contributed by atoms with E-state index >= 15 is 0 Å². The molecular weight excluding hydrogens is 328 g/mol. The molecule has 0 radical (unpaired) electrons. The van der Waals surface area contributed by atoms with Crippen molar-refractivity contribution in [3.8, 4) is 11.8 Å². The summed E-state index contributed by atoms with van der Waals surface area (Å²) in [4.78, 5) is 14.5. The molecule has 112 valence electrons. The number of nitrogens with zero attached hydrogens (tertiary/aromatic N) is 2. The second kappa shape index (κ2) is 6.24. The normalized spacial score (nSPS) is 16.0. The topological polar surface area (TPSA) is 64.3 Å². The maximum absolute atomic E-state index is 12.6. The number of thioether (sulfide) groups is 1. The van der Waals surface area contributed by atoms with Gasteiger partial charge in [0.15, 0.2) is 4.32 Å². The minimum Gasteiger partial charge on any atom is -0.508 e. The Morgan fingerprint density at radius 1 is 1.22 bits per heavy atom. The molecule has 3 rings (SSSR count). The van der Waals surface area contributed by atoms with Gasteiger partial charge in [-0.05, 0) is 35.9 Å². The van der Waals surface area contributed by atoms with Gasteiger partial charge in [-0.2, -0.15) is 5.26 Å². The van der Waals surface area contributed by atoms with E-state index in [0.29, 0.717) is 20.5 Å². The quantitative estimate of drug-likeness (QED) is 0.668. The number of amides is 1. The van der Waals surface area contributed by atoms with Crippen molar-refractivity contribution in [3.63, 3.8) is 0 Å². The fourth-order valence-electron chi connectivity index (χ4n) is 2.13. The predicted octanol–water partition coefficient (Wildman–Crippen LogP) is 3.67. The van der Waals surface area contributed by atoms with Gasteiger partial charge < -0.3 is 5.11 Å². The summed E-state index contributed by atoms with van der Waals surface area (Å²) in [5.41, 5.74) is 1.92. The molecule has 0 spiro atoms. The molecular formula is C17H10N2O2S2. The number of hydrogen-bond acceptors (Lipinski definition) is 5. The first kappa shape index (κ1) is 15.3. The summed E-state index contributed by atoms with van der Waals surface area (Å²) in [6.07, 6.45) is 1.74. The van der Waals surface area contributed by atoms with Crippen LogP contribution in [0.4, 0.5) is 5.69 Å². The molecule has 0 bridgehead atoms. The summed E-state index contributed by atoms with van der Waals surface area (Å²) in [7, 11) is 0. The van der Waals surface area contributed by atoms with E-state index in [4.69, 9.17) is 17.5 Å². The Bertz CT molecular complexity index is 867. The highest BCUT2D eigenvalue weighted by Crippen LogP contribution is 2.36. The Balaban J connectivity index is 1.91. The van der Waals surface area contributed by atoms with Crippen LogP contribution in [-0.2, 0) is 4.79 Å². The van der Waals surface area contributed by atoms with Gasteiger partial charge in [-0.3, -0.25) is 9.69 Å². The third-order valence-electron chi connectivity index (χ3n) is 3.22. The molecule has 1 saturated heterocycles. The van der Waals surface area contributed by atoms with Crippen molar-refractivity contribution in [2.45, 2.75) is 0 Å².